The minimum Gasteiger partial charge on any atom is -0.507 e. The molecule has 7 heteroatoms. The third-order valence-electron chi connectivity index (χ3n) is 3.97. The van der Waals surface area contributed by atoms with Crippen molar-refractivity contribution < 1.29 is 23.1 Å². The molecule has 0 fully saturated rings. The highest BCUT2D eigenvalue weighted by molar-refractivity contribution is 6.01. The Morgan fingerprint density at radius 1 is 0.926 bits per heavy atom. The number of carbonyl (C=O) groups is 1. The van der Waals surface area contributed by atoms with Crippen LogP contribution in [0.4, 0.5) is 13.2 Å². The van der Waals surface area contributed by atoms with Crippen LogP contribution in [0.2, 0.25) is 0 Å². The first kappa shape index (κ1) is 18.3. The summed E-state index contributed by atoms with van der Waals surface area (Å²) in [5, 5.41) is 11.6. The molecule has 0 aromatic heterocycles. The van der Waals surface area contributed by atoms with E-state index in [-0.39, 0.29) is 22.6 Å². The van der Waals surface area contributed by atoms with Crippen molar-refractivity contribution in [3.8, 4) is 5.75 Å². The van der Waals surface area contributed by atoms with Crippen LogP contribution in [0.5, 0.6) is 5.75 Å². The maximum atomic E-state index is 12.8. The van der Waals surface area contributed by atoms with Crippen molar-refractivity contribution in [3.63, 3.8) is 0 Å². The third kappa shape index (κ3) is 4.03. The molecule has 0 saturated carbocycles. The maximum absolute atomic E-state index is 12.8. The number of nitrogens with one attached hydrogen (secondary N) is 2. The molecule has 3 N–H and O–H groups in total. The van der Waals surface area contributed by atoms with Crippen LogP contribution in [0.15, 0.2) is 67.2 Å². The lowest BCUT2D eigenvalue weighted by Gasteiger charge is -2.14. The van der Waals surface area contributed by atoms with Crippen molar-refractivity contribution >= 4 is 22.4 Å². The van der Waals surface area contributed by atoms with Gasteiger partial charge in [-0.2, -0.15) is 13.2 Å². The summed E-state index contributed by atoms with van der Waals surface area (Å²) in [5.41, 5.74) is 4.27. The Hall–Kier alpha value is -3.48. The van der Waals surface area contributed by atoms with Gasteiger partial charge in [-0.25, -0.2) is 0 Å². The van der Waals surface area contributed by atoms with Gasteiger partial charge in [-0.05, 0) is 40.6 Å². The Labute approximate surface area is 152 Å². The summed E-state index contributed by atoms with van der Waals surface area (Å²) in [5.74, 6) is -0.857. The summed E-state index contributed by atoms with van der Waals surface area (Å²) in [7, 11) is 0. The molecule has 0 saturated heterocycles. The van der Waals surface area contributed by atoms with E-state index in [9.17, 15) is 23.1 Å². The van der Waals surface area contributed by atoms with Crippen LogP contribution in [0.25, 0.3) is 16.5 Å². The zero-order valence-electron chi connectivity index (χ0n) is 14.0. The molecule has 0 atom stereocenters. The van der Waals surface area contributed by atoms with Crippen LogP contribution in [0, 0.1) is 0 Å². The van der Waals surface area contributed by atoms with Gasteiger partial charge in [-0.1, -0.05) is 43.0 Å². The van der Waals surface area contributed by atoms with Gasteiger partial charge in [0.15, 0.2) is 0 Å². The second kappa shape index (κ2) is 7.03. The molecule has 27 heavy (non-hydrogen) atoms. The quantitative estimate of drug-likeness (QED) is 0.592. The minimum absolute atomic E-state index is 0.0260. The number of hydrazine groups is 1. The summed E-state index contributed by atoms with van der Waals surface area (Å²) in [6.45, 7) is 3.63. The largest absolute Gasteiger partial charge is 0.507 e. The summed E-state index contributed by atoms with van der Waals surface area (Å²) >= 11 is 0. The third-order valence-corrected chi connectivity index (χ3v) is 3.97. The first-order valence-corrected chi connectivity index (χ1v) is 7.90. The second-order valence-electron chi connectivity index (χ2n) is 5.85. The molecule has 1 amide bonds. The summed E-state index contributed by atoms with van der Waals surface area (Å²) in [6, 6.07) is 14.7. The van der Waals surface area contributed by atoms with Gasteiger partial charge in [0.25, 0.3) is 5.91 Å². The monoisotopic (exact) mass is 372 g/mol. The van der Waals surface area contributed by atoms with E-state index in [0.29, 0.717) is 0 Å². The molecule has 138 valence electrons. The minimum atomic E-state index is -4.48. The molecule has 3 rings (SSSR count). The van der Waals surface area contributed by atoms with Crippen LogP contribution in [0.1, 0.15) is 21.5 Å². The van der Waals surface area contributed by atoms with Crippen LogP contribution in [-0.4, -0.2) is 11.0 Å². The molecule has 3 aromatic carbocycles. The predicted octanol–water partition coefficient (Wildman–Crippen LogP) is 4.47. The second-order valence-corrected chi connectivity index (χ2v) is 5.85. The maximum Gasteiger partial charge on any atom is 0.416 e. The van der Waals surface area contributed by atoms with Gasteiger partial charge in [0.05, 0.1) is 16.8 Å². The average molecular weight is 372 g/mol. The van der Waals surface area contributed by atoms with E-state index in [0.717, 1.165) is 22.9 Å². The SMILES string of the molecule is C=C(NNC(=O)c1cc2ccccc2cc1O)c1cccc(C(F)(F)F)c1. The number of aromatic hydroxyl groups is 1. The number of phenolic OH excluding ortho intramolecular Hbond substituents is 1. The van der Waals surface area contributed by atoms with Gasteiger partial charge in [0, 0.05) is 0 Å². The van der Waals surface area contributed by atoms with E-state index in [1.807, 2.05) is 6.07 Å². The molecule has 4 nitrogen and oxygen atoms in total. The Balaban J connectivity index is 1.74. The number of phenols is 1. The van der Waals surface area contributed by atoms with E-state index in [4.69, 9.17) is 0 Å². The normalized spacial score (nSPS) is 11.2. The van der Waals surface area contributed by atoms with Crippen molar-refractivity contribution in [1.82, 2.24) is 10.9 Å². The van der Waals surface area contributed by atoms with Gasteiger partial charge in [-0.3, -0.25) is 15.6 Å². The van der Waals surface area contributed by atoms with Crippen molar-refractivity contribution in [2.75, 3.05) is 0 Å². The Bertz CT molecular complexity index is 1030. The van der Waals surface area contributed by atoms with Crippen molar-refractivity contribution in [3.05, 3.63) is 83.9 Å². The lowest BCUT2D eigenvalue weighted by atomic mass is 10.1. The molecule has 0 aliphatic heterocycles. The van der Waals surface area contributed by atoms with Gasteiger partial charge >= 0.3 is 6.18 Å². The van der Waals surface area contributed by atoms with Crippen molar-refractivity contribution in [2.24, 2.45) is 0 Å². The number of amides is 1. The number of fused-ring (bicyclic) bond motifs is 1. The Kier molecular flexibility index (Phi) is 4.77. The summed E-state index contributed by atoms with van der Waals surface area (Å²) in [4.78, 5) is 12.3. The first-order chi connectivity index (χ1) is 12.8. The first-order valence-electron chi connectivity index (χ1n) is 7.90. The molecular weight excluding hydrogens is 357 g/mol. The lowest BCUT2D eigenvalue weighted by molar-refractivity contribution is -0.137. The van der Waals surface area contributed by atoms with E-state index >= 15 is 0 Å². The molecule has 0 heterocycles. The van der Waals surface area contributed by atoms with E-state index in [2.05, 4.69) is 17.4 Å². The fourth-order valence-electron chi connectivity index (χ4n) is 2.57. The van der Waals surface area contributed by atoms with Crippen LogP contribution in [0.3, 0.4) is 0 Å². The van der Waals surface area contributed by atoms with Crippen LogP contribution >= 0.6 is 0 Å². The smallest absolute Gasteiger partial charge is 0.416 e. The van der Waals surface area contributed by atoms with Crippen LogP contribution < -0.4 is 10.9 Å². The highest BCUT2D eigenvalue weighted by Crippen LogP contribution is 2.30. The topological polar surface area (TPSA) is 61.4 Å². The number of hydrogen-bond acceptors (Lipinski definition) is 3. The van der Waals surface area contributed by atoms with Crippen molar-refractivity contribution in [2.45, 2.75) is 6.18 Å². The highest BCUT2D eigenvalue weighted by atomic mass is 19.4. The Morgan fingerprint density at radius 2 is 1.59 bits per heavy atom. The zero-order chi connectivity index (χ0) is 19.6. The van der Waals surface area contributed by atoms with Crippen molar-refractivity contribution in [1.29, 1.82) is 0 Å². The lowest BCUT2D eigenvalue weighted by Crippen LogP contribution is -2.35. The number of hydrogen-bond donors (Lipinski definition) is 3. The number of benzene rings is 3. The molecular formula is C20H15F3N2O2. The number of alkyl halides is 3. The van der Waals surface area contributed by atoms with Crippen LogP contribution in [-0.2, 0) is 6.18 Å². The predicted molar refractivity (Wildman–Crippen MR) is 96.7 cm³/mol. The van der Waals surface area contributed by atoms with E-state index < -0.39 is 17.6 Å². The molecule has 0 spiro atoms. The fourth-order valence-corrected chi connectivity index (χ4v) is 2.57. The number of carbonyl (C=O) groups excluding carboxylic acids is 1. The summed E-state index contributed by atoms with van der Waals surface area (Å²) < 4.78 is 38.4. The van der Waals surface area contributed by atoms with Gasteiger partial charge in [0.1, 0.15) is 5.75 Å². The highest BCUT2D eigenvalue weighted by Gasteiger charge is 2.30. The molecule has 0 aliphatic rings. The molecule has 0 aliphatic carbocycles. The molecule has 0 bridgehead atoms. The fraction of sp³-hybridized carbons (Fsp3) is 0.0500. The molecule has 0 unspecified atom stereocenters. The molecule has 3 aromatic rings. The van der Waals surface area contributed by atoms with E-state index in [1.165, 1.54) is 24.3 Å². The zero-order valence-corrected chi connectivity index (χ0v) is 14.0. The van der Waals surface area contributed by atoms with E-state index in [1.54, 1.807) is 18.2 Å². The Morgan fingerprint density at radius 3 is 2.26 bits per heavy atom. The standard InChI is InChI=1S/C20H15F3N2O2/c1-12(13-7-4-8-16(9-13)20(21,22)23)24-25-19(27)17-10-14-5-2-3-6-15(14)11-18(17)26/h2-11,24,26H,1H2,(H,25,27). The average Bonchev–Trinajstić information content (AvgIpc) is 2.64. The number of rotatable bonds is 4. The van der Waals surface area contributed by atoms with Gasteiger partial charge < -0.3 is 5.11 Å². The van der Waals surface area contributed by atoms with Gasteiger partial charge in [0.2, 0.25) is 0 Å². The van der Waals surface area contributed by atoms with Gasteiger partial charge in [-0.15, -0.1) is 0 Å². The number of halogens is 3. The molecule has 0 radical (unpaired) electrons. The summed E-state index contributed by atoms with van der Waals surface area (Å²) in [6.07, 6.45) is -4.48.